The van der Waals surface area contributed by atoms with E-state index in [2.05, 4.69) is 4.98 Å². The molecule has 1 aromatic rings. The van der Waals surface area contributed by atoms with Crippen LogP contribution in [-0.4, -0.2) is 15.3 Å². The molecule has 0 atom stereocenters. The van der Waals surface area contributed by atoms with Crippen molar-refractivity contribution < 1.29 is 32.7 Å². The molecule has 0 unspecified atom stereocenters. The Morgan fingerprint density at radius 1 is 1.50 bits per heavy atom. The normalized spacial score (nSPS) is 7.79. The SMILES string of the molecule is O=[N+]([O-])[O-].ONCc1ccccn1.[Ag+]. The maximum absolute atomic E-state index is 8.25. The Bertz CT molecular complexity index is 242. The van der Waals surface area contributed by atoms with Gasteiger partial charge in [0.1, 0.15) is 0 Å². The van der Waals surface area contributed by atoms with Crippen LogP contribution < -0.4 is 5.48 Å². The fourth-order valence-corrected chi connectivity index (χ4v) is 0.584. The zero-order valence-corrected chi connectivity index (χ0v) is 8.37. The largest absolute Gasteiger partial charge is 1.00 e. The first-order chi connectivity index (χ1) is 6.16. The first-order valence-electron chi connectivity index (χ1n) is 3.25. The molecule has 7 nitrogen and oxygen atoms in total. The van der Waals surface area contributed by atoms with Crippen molar-refractivity contribution in [3.63, 3.8) is 0 Å². The molecule has 1 aromatic heterocycles. The van der Waals surface area contributed by atoms with Gasteiger partial charge in [0.25, 0.3) is 0 Å². The van der Waals surface area contributed by atoms with Crippen LogP contribution in [0.1, 0.15) is 5.69 Å². The van der Waals surface area contributed by atoms with Gasteiger partial charge in [0.15, 0.2) is 0 Å². The summed E-state index contributed by atoms with van der Waals surface area (Å²) >= 11 is 0. The van der Waals surface area contributed by atoms with Gasteiger partial charge in [-0.05, 0) is 12.1 Å². The molecule has 0 aliphatic heterocycles. The van der Waals surface area contributed by atoms with E-state index >= 15 is 0 Å². The number of rotatable bonds is 2. The van der Waals surface area contributed by atoms with Gasteiger partial charge in [-0.2, -0.15) is 5.48 Å². The van der Waals surface area contributed by atoms with Gasteiger partial charge in [0.05, 0.1) is 17.3 Å². The number of pyridine rings is 1. The summed E-state index contributed by atoms with van der Waals surface area (Å²) in [6, 6.07) is 5.55. The van der Waals surface area contributed by atoms with E-state index in [-0.39, 0.29) is 22.4 Å². The van der Waals surface area contributed by atoms with Crippen molar-refractivity contribution in [1.29, 1.82) is 0 Å². The van der Waals surface area contributed by atoms with Crippen molar-refractivity contribution in [1.82, 2.24) is 10.5 Å². The third-order valence-electron chi connectivity index (χ3n) is 0.986. The quantitative estimate of drug-likeness (QED) is 0.461. The molecule has 1 rings (SSSR count). The summed E-state index contributed by atoms with van der Waals surface area (Å²) in [6.07, 6.45) is 1.69. The van der Waals surface area contributed by atoms with Crippen LogP contribution in [-0.2, 0) is 28.9 Å². The zero-order chi connectivity index (χ0) is 10.1. The Labute approximate surface area is 95.4 Å². The van der Waals surface area contributed by atoms with Crippen LogP contribution in [0.3, 0.4) is 0 Å². The van der Waals surface area contributed by atoms with E-state index in [1.807, 2.05) is 23.7 Å². The van der Waals surface area contributed by atoms with E-state index in [1.54, 1.807) is 6.20 Å². The smallest absolute Gasteiger partial charge is 0.356 e. The van der Waals surface area contributed by atoms with Crippen molar-refractivity contribution >= 4 is 0 Å². The molecular formula is C6H8AgN3O4. The summed E-state index contributed by atoms with van der Waals surface area (Å²) in [5.74, 6) is 0. The molecule has 0 bridgehead atoms. The van der Waals surface area contributed by atoms with Crippen LogP contribution in [0.25, 0.3) is 0 Å². The number of hydroxylamine groups is 1. The molecule has 14 heavy (non-hydrogen) atoms. The molecule has 82 valence electrons. The van der Waals surface area contributed by atoms with E-state index in [9.17, 15) is 0 Å². The Morgan fingerprint density at radius 2 is 2.07 bits per heavy atom. The number of hydrogen-bond donors (Lipinski definition) is 2. The number of hydrogen-bond acceptors (Lipinski definition) is 6. The monoisotopic (exact) mass is 293 g/mol. The van der Waals surface area contributed by atoms with Crippen molar-refractivity contribution in [2.45, 2.75) is 6.54 Å². The molecule has 0 amide bonds. The van der Waals surface area contributed by atoms with Crippen molar-refractivity contribution in [3.8, 4) is 0 Å². The first-order valence-corrected chi connectivity index (χ1v) is 3.25. The topological polar surface area (TPSA) is 111 Å². The standard InChI is InChI=1S/C6H8N2O.Ag.NO3/c9-8-5-6-3-1-2-4-7-6;;2-1(3)4/h1-4,8-9H,5H2;;/q;+1;-1. The predicted molar refractivity (Wildman–Crippen MR) is 43.2 cm³/mol. The summed E-state index contributed by atoms with van der Waals surface area (Å²) in [4.78, 5) is 12.2. The predicted octanol–water partition coefficient (Wildman–Crippen LogP) is 0.319. The third kappa shape index (κ3) is 11.0. The second-order valence-electron chi connectivity index (χ2n) is 1.88. The summed E-state index contributed by atoms with van der Waals surface area (Å²) in [6.45, 7) is 0.404. The van der Waals surface area contributed by atoms with Crippen LogP contribution >= 0.6 is 0 Å². The molecule has 0 aromatic carbocycles. The minimum atomic E-state index is -1.75. The second-order valence-corrected chi connectivity index (χ2v) is 1.88. The molecular weight excluding hydrogens is 286 g/mol. The van der Waals surface area contributed by atoms with Gasteiger partial charge in [0, 0.05) is 6.20 Å². The average Bonchev–Trinajstić information content (AvgIpc) is 2.06. The van der Waals surface area contributed by atoms with Crippen LogP contribution in [0.2, 0.25) is 0 Å². The van der Waals surface area contributed by atoms with E-state index < -0.39 is 5.09 Å². The molecule has 0 aliphatic rings. The number of nitrogens with one attached hydrogen (secondary N) is 1. The second kappa shape index (κ2) is 10.1. The van der Waals surface area contributed by atoms with Crippen LogP contribution in [0.5, 0.6) is 0 Å². The van der Waals surface area contributed by atoms with E-state index in [0.717, 1.165) is 5.69 Å². The van der Waals surface area contributed by atoms with Gasteiger partial charge in [-0.15, -0.1) is 0 Å². The Kier molecular flexibility index (Phi) is 11.2. The maximum Gasteiger partial charge on any atom is 1.00 e. The van der Waals surface area contributed by atoms with Gasteiger partial charge in [-0.1, -0.05) is 6.07 Å². The fraction of sp³-hybridized carbons (Fsp3) is 0.167. The minimum absolute atomic E-state index is 0. The van der Waals surface area contributed by atoms with Crippen LogP contribution in [0.15, 0.2) is 24.4 Å². The van der Waals surface area contributed by atoms with Gasteiger partial charge in [-0.25, -0.2) is 0 Å². The van der Waals surface area contributed by atoms with Crippen molar-refractivity contribution in [3.05, 3.63) is 45.4 Å². The van der Waals surface area contributed by atoms with E-state index in [4.69, 9.17) is 20.5 Å². The summed E-state index contributed by atoms with van der Waals surface area (Å²) in [5.41, 5.74) is 2.85. The van der Waals surface area contributed by atoms with Gasteiger partial charge >= 0.3 is 22.4 Å². The van der Waals surface area contributed by atoms with Crippen molar-refractivity contribution in [2.24, 2.45) is 0 Å². The van der Waals surface area contributed by atoms with Crippen molar-refractivity contribution in [2.75, 3.05) is 0 Å². The fourth-order valence-electron chi connectivity index (χ4n) is 0.584. The molecule has 0 saturated carbocycles. The van der Waals surface area contributed by atoms with Crippen LogP contribution in [0, 0.1) is 15.3 Å². The Balaban J connectivity index is 0. The van der Waals surface area contributed by atoms with Gasteiger partial charge in [0.2, 0.25) is 0 Å². The molecule has 8 heteroatoms. The molecule has 1 heterocycles. The summed E-state index contributed by atoms with van der Waals surface area (Å²) in [5, 5.41) is 23.0. The summed E-state index contributed by atoms with van der Waals surface area (Å²) < 4.78 is 0. The van der Waals surface area contributed by atoms with Crippen LogP contribution in [0.4, 0.5) is 0 Å². The number of aromatic nitrogens is 1. The molecule has 0 saturated heterocycles. The maximum atomic E-state index is 8.25. The average molecular weight is 294 g/mol. The summed E-state index contributed by atoms with van der Waals surface area (Å²) in [7, 11) is 0. The van der Waals surface area contributed by atoms with E-state index in [0.29, 0.717) is 6.54 Å². The Hall–Kier alpha value is -0.990. The van der Waals surface area contributed by atoms with E-state index in [1.165, 1.54) is 0 Å². The van der Waals surface area contributed by atoms with Gasteiger partial charge < -0.3 is 20.5 Å². The molecule has 2 N–H and O–H groups in total. The Morgan fingerprint density at radius 3 is 2.43 bits per heavy atom. The molecule has 0 aliphatic carbocycles. The number of nitrogens with zero attached hydrogens (tertiary/aromatic N) is 2. The molecule has 0 spiro atoms. The van der Waals surface area contributed by atoms with Gasteiger partial charge in [-0.3, -0.25) is 4.98 Å². The first kappa shape index (κ1) is 15.5. The molecule has 0 fully saturated rings. The molecule has 0 radical (unpaired) electrons. The third-order valence-corrected chi connectivity index (χ3v) is 0.986. The minimum Gasteiger partial charge on any atom is -0.356 e. The zero-order valence-electron chi connectivity index (χ0n) is 6.88.